The standard InChI is InChI=1S/C48H30N6/c1-49-39-14-18-41(19-15-39)53(40-16-11-32(12-17-40)34-7-3-23-50-29-34)44-21-22-46-48-43(44)20-13-33-6-2-10-45(47(33)48)54(46)42-27-37(35-8-4-24-51-30-35)26-38(28-42)36-9-5-25-52-31-36/h2-31H. The summed E-state index contributed by atoms with van der Waals surface area (Å²) < 4.78 is 2.39. The largest absolute Gasteiger partial charge is 0.310 e. The summed E-state index contributed by atoms with van der Waals surface area (Å²) in [5.41, 5.74) is 13.4. The SMILES string of the molecule is [C-]#[N+]c1ccc(N(c2ccc(-c3cccnc3)cc2)c2ccc3c4c2ccc2cccc(c24)n3-c2cc(-c3cccnc3)cc(-c3cccnc3)c2)cc1. The van der Waals surface area contributed by atoms with Gasteiger partial charge in [-0.3, -0.25) is 15.0 Å². The van der Waals surface area contributed by atoms with Gasteiger partial charge in [0.15, 0.2) is 5.69 Å². The van der Waals surface area contributed by atoms with Crippen molar-refractivity contribution in [3.63, 3.8) is 0 Å². The van der Waals surface area contributed by atoms with Crippen LogP contribution in [0.5, 0.6) is 0 Å². The predicted molar refractivity (Wildman–Crippen MR) is 220 cm³/mol. The topological polar surface area (TPSA) is 51.2 Å². The van der Waals surface area contributed by atoms with E-state index in [4.69, 9.17) is 6.57 Å². The molecule has 0 saturated carbocycles. The molecule has 0 atom stereocenters. The highest BCUT2D eigenvalue weighted by Gasteiger charge is 2.23. The molecule has 252 valence electrons. The van der Waals surface area contributed by atoms with E-state index in [2.05, 4.69) is 132 Å². The molecular formula is C48H30N6. The van der Waals surface area contributed by atoms with E-state index in [9.17, 15) is 0 Å². The number of nitrogens with zero attached hydrogens (tertiary/aromatic N) is 6. The van der Waals surface area contributed by atoms with Crippen LogP contribution in [0.1, 0.15) is 0 Å². The van der Waals surface area contributed by atoms with E-state index >= 15 is 0 Å². The summed E-state index contributed by atoms with van der Waals surface area (Å²) in [4.78, 5) is 19.2. The smallest absolute Gasteiger partial charge is 0.187 e. The molecule has 54 heavy (non-hydrogen) atoms. The van der Waals surface area contributed by atoms with Crippen LogP contribution in [0.25, 0.3) is 76.5 Å². The summed E-state index contributed by atoms with van der Waals surface area (Å²) in [5, 5.41) is 4.74. The molecule has 0 radical (unpaired) electrons. The minimum Gasteiger partial charge on any atom is -0.310 e. The van der Waals surface area contributed by atoms with Crippen LogP contribution in [-0.4, -0.2) is 19.5 Å². The fraction of sp³-hybridized carbons (Fsp3) is 0. The molecule has 0 aliphatic rings. The second-order valence-corrected chi connectivity index (χ2v) is 13.3. The second-order valence-electron chi connectivity index (χ2n) is 13.3. The number of hydrogen-bond acceptors (Lipinski definition) is 4. The van der Waals surface area contributed by atoms with Crippen LogP contribution in [0.3, 0.4) is 0 Å². The molecule has 0 aliphatic carbocycles. The summed E-state index contributed by atoms with van der Waals surface area (Å²) in [6, 6.07) is 50.9. The van der Waals surface area contributed by atoms with E-state index in [-0.39, 0.29) is 0 Å². The zero-order chi connectivity index (χ0) is 36.0. The molecule has 6 heteroatoms. The van der Waals surface area contributed by atoms with Gasteiger partial charge in [-0.25, -0.2) is 4.85 Å². The van der Waals surface area contributed by atoms with E-state index in [1.807, 2.05) is 73.4 Å². The summed E-state index contributed by atoms with van der Waals surface area (Å²) in [6.07, 6.45) is 11.1. The molecule has 6 aromatic carbocycles. The summed E-state index contributed by atoms with van der Waals surface area (Å²) in [7, 11) is 0. The molecule has 4 heterocycles. The van der Waals surface area contributed by atoms with Crippen molar-refractivity contribution in [3.8, 4) is 39.1 Å². The van der Waals surface area contributed by atoms with Gasteiger partial charge in [0.1, 0.15) is 0 Å². The van der Waals surface area contributed by atoms with Crippen molar-refractivity contribution in [1.82, 2.24) is 19.5 Å². The minimum atomic E-state index is 0.606. The number of hydrogen-bond donors (Lipinski definition) is 0. The molecule has 0 bridgehead atoms. The average Bonchev–Trinajstić information content (AvgIpc) is 3.60. The Labute approximate surface area is 312 Å². The maximum Gasteiger partial charge on any atom is 0.187 e. The number of benzene rings is 6. The second kappa shape index (κ2) is 12.9. The van der Waals surface area contributed by atoms with Crippen molar-refractivity contribution in [3.05, 3.63) is 194 Å². The van der Waals surface area contributed by atoms with Gasteiger partial charge in [-0.1, -0.05) is 66.7 Å². The monoisotopic (exact) mass is 690 g/mol. The zero-order valence-corrected chi connectivity index (χ0v) is 29.0. The van der Waals surface area contributed by atoms with E-state index in [0.29, 0.717) is 5.69 Å². The number of aromatic nitrogens is 4. The van der Waals surface area contributed by atoms with Gasteiger partial charge in [-0.2, -0.15) is 0 Å². The lowest BCUT2D eigenvalue weighted by atomic mass is 9.99. The molecule has 0 spiro atoms. The summed E-state index contributed by atoms with van der Waals surface area (Å²) in [5.74, 6) is 0. The van der Waals surface area contributed by atoms with Crippen LogP contribution in [0, 0.1) is 6.57 Å². The van der Waals surface area contributed by atoms with Crippen LogP contribution in [0.2, 0.25) is 0 Å². The van der Waals surface area contributed by atoms with Gasteiger partial charge in [0.2, 0.25) is 0 Å². The molecule has 0 unspecified atom stereocenters. The third-order valence-electron chi connectivity index (χ3n) is 10.2. The summed E-state index contributed by atoms with van der Waals surface area (Å²) >= 11 is 0. The van der Waals surface area contributed by atoms with Gasteiger partial charge in [0.25, 0.3) is 0 Å². The maximum atomic E-state index is 7.58. The Balaban J connectivity index is 1.21. The van der Waals surface area contributed by atoms with Crippen LogP contribution in [0.4, 0.5) is 22.7 Å². The molecule has 10 aromatic rings. The normalized spacial score (nSPS) is 11.3. The maximum absolute atomic E-state index is 7.58. The van der Waals surface area contributed by atoms with Crippen molar-refractivity contribution in [2.75, 3.05) is 4.90 Å². The zero-order valence-electron chi connectivity index (χ0n) is 29.0. The number of pyridine rings is 3. The Morgan fingerprint density at radius 2 is 1.07 bits per heavy atom. The molecular weight excluding hydrogens is 661 g/mol. The van der Waals surface area contributed by atoms with Crippen molar-refractivity contribution < 1.29 is 0 Å². The Morgan fingerprint density at radius 1 is 0.481 bits per heavy atom. The van der Waals surface area contributed by atoms with Gasteiger partial charge in [0, 0.05) is 81.5 Å². The molecule has 6 nitrogen and oxygen atoms in total. The van der Waals surface area contributed by atoms with E-state index < -0.39 is 0 Å². The lowest BCUT2D eigenvalue weighted by molar-refractivity contribution is 1.18. The van der Waals surface area contributed by atoms with Gasteiger partial charge in [-0.15, -0.1) is 0 Å². The molecule has 0 fully saturated rings. The van der Waals surface area contributed by atoms with Crippen molar-refractivity contribution >= 4 is 55.3 Å². The molecule has 0 amide bonds. The molecule has 0 aliphatic heterocycles. The van der Waals surface area contributed by atoms with Crippen LogP contribution >= 0.6 is 0 Å². The molecule has 0 saturated heterocycles. The third-order valence-corrected chi connectivity index (χ3v) is 10.2. The Bertz CT molecular complexity index is 2910. The van der Waals surface area contributed by atoms with Crippen LogP contribution < -0.4 is 4.90 Å². The predicted octanol–water partition coefficient (Wildman–Crippen LogP) is 12.6. The van der Waals surface area contributed by atoms with Crippen molar-refractivity contribution in [2.24, 2.45) is 0 Å². The Hall–Kier alpha value is -7.62. The highest BCUT2D eigenvalue weighted by molar-refractivity contribution is 6.27. The van der Waals surface area contributed by atoms with Crippen LogP contribution in [0.15, 0.2) is 183 Å². The molecule has 0 N–H and O–H groups in total. The first-order valence-corrected chi connectivity index (χ1v) is 17.8. The first kappa shape index (κ1) is 31.1. The Kier molecular flexibility index (Phi) is 7.41. The first-order chi connectivity index (χ1) is 26.7. The molecule has 4 aromatic heterocycles. The van der Waals surface area contributed by atoms with Crippen LogP contribution in [-0.2, 0) is 0 Å². The summed E-state index contributed by atoms with van der Waals surface area (Å²) in [6.45, 7) is 7.58. The van der Waals surface area contributed by atoms with E-state index in [1.165, 1.54) is 16.2 Å². The fourth-order valence-corrected chi connectivity index (χ4v) is 7.73. The van der Waals surface area contributed by atoms with E-state index in [1.54, 1.807) is 6.20 Å². The van der Waals surface area contributed by atoms with E-state index in [0.717, 1.165) is 72.5 Å². The van der Waals surface area contributed by atoms with Gasteiger partial charge >= 0.3 is 0 Å². The van der Waals surface area contributed by atoms with Crippen molar-refractivity contribution in [1.29, 1.82) is 0 Å². The Morgan fingerprint density at radius 3 is 1.67 bits per heavy atom. The number of anilines is 3. The third kappa shape index (κ3) is 5.23. The fourth-order valence-electron chi connectivity index (χ4n) is 7.73. The van der Waals surface area contributed by atoms with Gasteiger partial charge < -0.3 is 9.47 Å². The first-order valence-electron chi connectivity index (χ1n) is 17.8. The lowest BCUT2D eigenvalue weighted by Crippen LogP contribution is -2.10. The quantitative estimate of drug-likeness (QED) is 0.123. The van der Waals surface area contributed by atoms with Gasteiger partial charge in [0.05, 0.1) is 23.3 Å². The highest BCUT2D eigenvalue weighted by atomic mass is 15.1. The minimum absolute atomic E-state index is 0.606. The van der Waals surface area contributed by atoms with Gasteiger partial charge in [-0.05, 0) is 107 Å². The molecule has 10 rings (SSSR count). The van der Waals surface area contributed by atoms with Crippen molar-refractivity contribution in [2.45, 2.75) is 0 Å². The lowest BCUT2D eigenvalue weighted by Gasteiger charge is -2.27. The number of rotatable bonds is 7. The average molecular weight is 691 g/mol. The highest BCUT2D eigenvalue weighted by Crippen LogP contribution is 2.46.